The minimum absolute atomic E-state index is 0.0520. The molecule has 2 aromatic rings. The van der Waals surface area contributed by atoms with Gasteiger partial charge in [0.05, 0.1) is 17.2 Å². The molecular formula is C13H17N3O2. The highest BCUT2D eigenvalue weighted by Gasteiger charge is 2.04. The monoisotopic (exact) mass is 247 g/mol. The number of hydrogen-bond acceptors (Lipinski definition) is 4. The average molecular weight is 247 g/mol. The van der Waals surface area contributed by atoms with E-state index < -0.39 is 0 Å². The third kappa shape index (κ3) is 2.68. The summed E-state index contributed by atoms with van der Waals surface area (Å²) in [6, 6.07) is 5.18. The molecule has 2 N–H and O–H groups in total. The van der Waals surface area contributed by atoms with Gasteiger partial charge in [0.25, 0.3) is 5.56 Å². The number of anilines is 1. The van der Waals surface area contributed by atoms with E-state index in [0.29, 0.717) is 36.3 Å². The summed E-state index contributed by atoms with van der Waals surface area (Å²) in [7, 11) is 0. The summed E-state index contributed by atoms with van der Waals surface area (Å²) in [4.78, 5) is 16.4. The first-order valence-corrected chi connectivity index (χ1v) is 6.05. The van der Waals surface area contributed by atoms with Gasteiger partial charge in [-0.2, -0.15) is 0 Å². The molecule has 0 atom stereocenters. The summed E-state index contributed by atoms with van der Waals surface area (Å²) in [5.74, 6) is 0. The number of benzene rings is 1. The summed E-state index contributed by atoms with van der Waals surface area (Å²) in [5, 5.41) is 0.564. The fourth-order valence-corrected chi connectivity index (χ4v) is 1.82. The van der Waals surface area contributed by atoms with Crippen LogP contribution >= 0.6 is 0 Å². The van der Waals surface area contributed by atoms with Crippen LogP contribution in [0.4, 0.5) is 5.69 Å². The first-order chi connectivity index (χ1) is 8.72. The van der Waals surface area contributed by atoms with Crippen LogP contribution in [0.1, 0.15) is 13.3 Å². The van der Waals surface area contributed by atoms with Crippen molar-refractivity contribution in [3.63, 3.8) is 0 Å². The van der Waals surface area contributed by atoms with E-state index in [1.807, 2.05) is 6.92 Å². The Labute approximate surface area is 105 Å². The summed E-state index contributed by atoms with van der Waals surface area (Å²) >= 11 is 0. The fraction of sp³-hybridized carbons (Fsp3) is 0.385. The van der Waals surface area contributed by atoms with Gasteiger partial charge in [-0.1, -0.05) is 0 Å². The van der Waals surface area contributed by atoms with E-state index in [-0.39, 0.29) is 5.56 Å². The van der Waals surface area contributed by atoms with E-state index in [0.717, 1.165) is 6.42 Å². The van der Waals surface area contributed by atoms with Gasteiger partial charge >= 0.3 is 0 Å². The van der Waals surface area contributed by atoms with Crippen LogP contribution in [-0.2, 0) is 11.3 Å². The average Bonchev–Trinajstić information content (AvgIpc) is 2.38. The molecule has 0 amide bonds. The molecule has 1 aromatic heterocycles. The van der Waals surface area contributed by atoms with Gasteiger partial charge in [0, 0.05) is 25.4 Å². The van der Waals surface area contributed by atoms with Crippen molar-refractivity contribution in [3.8, 4) is 0 Å². The number of fused-ring (bicyclic) bond motifs is 1. The molecule has 0 aliphatic rings. The Morgan fingerprint density at radius 3 is 3.06 bits per heavy atom. The minimum atomic E-state index is -0.0520. The Bertz CT molecular complexity index is 592. The van der Waals surface area contributed by atoms with E-state index in [2.05, 4.69) is 4.98 Å². The summed E-state index contributed by atoms with van der Waals surface area (Å²) in [5.41, 5.74) is 6.89. The Balaban J connectivity index is 2.24. The normalized spacial score (nSPS) is 10.9. The second-order valence-corrected chi connectivity index (χ2v) is 4.07. The van der Waals surface area contributed by atoms with Crippen LogP contribution in [0.2, 0.25) is 0 Å². The van der Waals surface area contributed by atoms with Crippen molar-refractivity contribution in [2.24, 2.45) is 0 Å². The van der Waals surface area contributed by atoms with Gasteiger partial charge < -0.3 is 10.5 Å². The number of nitrogens with zero attached hydrogens (tertiary/aromatic N) is 2. The van der Waals surface area contributed by atoms with Gasteiger partial charge in [-0.3, -0.25) is 9.36 Å². The number of ether oxygens (including phenoxy) is 1. The van der Waals surface area contributed by atoms with E-state index in [1.54, 1.807) is 29.1 Å². The predicted octanol–water partition coefficient (Wildman–Crippen LogP) is 1.41. The van der Waals surface area contributed by atoms with Gasteiger partial charge in [-0.05, 0) is 31.5 Å². The maximum Gasteiger partial charge on any atom is 0.261 e. The van der Waals surface area contributed by atoms with Crippen LogP contribution in [0.25, 0.3) is 10.9 Å². The van der Waals surface area contributed by atoms with Crippen molar-refractivity contribution >= 4 is 16.6 Å². The SMILES string of the molecule is CCOCCCn1cnc2ccc(N)cc2c1=O. The lowest BCUT2D eigenvalue weighted by atomic mass is 10.2. The third-order valence-electron chi connectivity index (χ3n) is 2.74. The molecule has 0 saturated heterocycles. The topological polar surface area (TPSA) is 70.1 Å². The molecule has 0 fully saturated rings. The largest absolute Gasteiger partial charge is 0.399 e. The molecule has 0 aliphatic heterocycles. The van der Waals surface area contributed by atoms with Crippen molar-refractivity contribution < 1.29 is 4.74 Å². The van der Waals surface area contributed by atoms with Crippen molar-refractivity contribution in [3.05, 3.63) is 34.9 Å². The molecule has 5 nitrogen and oxygen atoms in total. The summed E-state index contributed by atoms with van der Waals surface area (Å²) < 4.78 is 6.84. The summed E-state index contributed by atoms with van der Waals surface area (Å²) in [6.07, 6.45) is 2.37. The smallest absolute Gasteiger partial charge is 0.261 e. The van der Waals surface area contributed by atoms with E-state index >= 15 is 0 Å². The molecule has 0 aliphatic carbocycles. The highest BCUT2D eigenvalue weighted by molar-refractivity contribution is 5.80. The van der Waals surface area contributed by atoms with E-state index in [4.69, 9.17) is 10.5 Å². The maximum absolute atomic E-state index is 12.2. The second-order valence-electron chi connectivity index (χ2n) is 4.07. The number of aryl methyl sites for hydroxylation is 1. The fourth-order valence-electron chi connectivity index (χ4n) is 1.82. The Morgan fingerprint density at radius 1 is 1.44 bits per heavy atom. The van der Waals surface area contributed by atoms with Gasteiger partial charge in [0.15, 0.2) is 0 Å². The van der Waals surface area contributed by atoms with E-state index in [9.17, 15) is 4.79 Å². The van der Waals surface area contributed by atoms with Crippen LogP contribution in [-0.4, -0.2) is 22.8 Å². The summed E-state index contributed by atoms with van der Waals surface area (Å²) in [6.45, 7) is 3.91. The highest BCUT2D eigenvalue weighted by atomic mass is 16.5. The maximum atomic E-state index is 12.2. The van der Waals surface area contributed by atoms with Gasteiger partial charge in [0.2, 0.25) is 0 Å². The molecule has 2 rings (SSSR count). The van der Waals surface area contributed by atoms with Crippen LogP contribution in [0.3, 0.4) is 0 Å². The molecule has 1 aromatic carbocycles. The Hall–Kier alpha value is -1.88. The number of aromatic nitrogens is 2. The zero-order valence-electron chi connectivity index (χ0n) is 10.4. The van der Waals surface area contributed by atoms with Crippen LogP contribution in [0.5, 0.6) is 0 Å². The Kier molecular flexibility index (Phi) is 3.94. The minimum Gasteiger partial charge on any atom is -0.399 e. The molecule has 18 heavy (non-hydrogen) atoms. The second kappa shape index (κ2) is 5.64. The van der Waals surface area contributed by atoms with Crippen LogP contribution in [0, 0.1) is 0 Å². The molecule has 96 valence electrons. The van der Waals surface area contributed by atoms with Crippen LogP contribution in [0.15, 0.2) is 29.3 Å². The molecule has 5 heteroatoms. The number of nitrogens with two attached hydrogens (primary N) is 1. The molecule has 0 radical (unpaired) electrons. The standard InChI is InChI=1S/C13H17N3O2/c1-2-18-7-3-6-16-9-15-12-5-4-10(14)8-11(12)13(16)17/h4-5,8-9H,2-3,6-7,14H2,1H3. The Morgan fingerprint density at radius 2 is 2.28 bits per heavy atom. The first-order valence-electron chi connectivity index (χ1n) is 6.05. The lowest BCUT2D eigenvalue weighted by molar-refractivity contribution is 0.141. The molecule has 0 unspecified atom stereocenters. The quantitative estimate of drug-likeness (QED) is 0.640. The van der Waals surface area contributed by atoms with Crippen LogP contribution < -0.4 is 11.3 Å². The lowest BCUT2D eigenvalue weighted by Gasteiger charge is -2.07. The zero-order valence-corrected chi connectivity index (χ0v) is 10.4. The number of hydrogen-bond donors (Lipinski definition) is 1. The molecule has 0 spiro atoms. The van der Waals surface area contributed by atoms with E-state index in [1.165, 1.54) is 0 Å². The van der Waals surface area contributed by atoms with Crippen molar-refractivity contribution in [2.75, 3.05) is 18.9 Å². The number of nitrogen functional groups attached to an aromatic ring is 1. The molecule has 1 heterocycles. The molecule has 0 bridgehead atoms. The van der Waals surface area contributed by atoms with Crippen molar-refractivity contribution in [1.29, 1.82) is 0 Å². The first kappa shape index (κ1) is 12.6. The highest BCUT2D eigenvalue weighted by Crippen LogP contribution is 2.10. The number of rotatable bonds is 5. The van der Waals surface area contributed by atoms with Gasteiger partial charge in [-0.15, -0.1) is 0 Å². The zero-order chi connectivity index (χ0) is 13.0. The lowest BCUT2D eigenvalue weighted by Crippen LogP contribution is -2.21. The molecular weight excluding hydrogens is 230 g/mol. The van der Waals surface area contributed by atoms with Gasteiger partial charge in [0.1, 0.15) is 0 Å². The molecule has 0 saturated carbocycles. The van der Waals surface area contributed by atoms with Gasteiger partial charge in [-0.25, -0.2) is 4.98 Å². The predicted molar refractivity (Wildman–Crippen MR) is 71.5 cm³/mol. The third-order valence-corrected chi connectivity index (χ3v) is 2.74. The van der Waals surface area contributed by atoms with Crippen molar-refractivity contribution in [2.45, 2.75) is 19.9 Å². The van der Waals surface area contributed by atoms with Crippen molar-refractivity contribution in [1.82, 2.24) is 9.55 Å².